The van der Waals surface area contributed by atoms with Gasteiger partial charge in [-0.05, 0) is 34.5 Å². The molecule has 9 heteroatoms. The van der Waals surface area contributed by atoms with Gasteiger partial charge >= 0.3 is 0 Å². The summed E-state index contributed by atoms with van der Waals surface area (Å²) in [4.78, 5) is 33.4. The number of amides is 2. The van der Waals surface area contributed by atoms with Crippen LogP contribution in [0.25, 0.3) is 10.1 Å². The minimum atomic E-state index is -0.539. The zero-order valence-corrected chi connectivity index (χ0v) is 17.3. The number of thiophene rings is 1. The SMILES string of the molecule is NC(=O)c1ccccc1Sc1cnc(N)c(C(=O)NCc2csc3ccccc23)n1. The largest absolute Gasteiger partial charge is 0.382 e. The van der Waals surface area contributed by atoms with Gasteiger partial charge in [0.25, 0.3) is 5.91 Å². The lowest BCUT2D eigenvalue weighted by Crippen LogP contribution is -2.25. The lowest BCUT2D eigenvalue weighted by Gasteiger charge is -2.09. The Balaban J connectivity index is 1.53. The summed E-state index contributed by atoms with van der Waals surface area (Å²) in [6.07, 6.45) is 1.46. The molecule has 7 nitrogen and oxygen atoms in total. The Morgan fingerprint density at radius 3 is 2.70 bits per heavy atom. The van der Waals surface area contributed by atoms with Crippen molar-refractivity contribution in [1.29, 1.82) is 0 Å². The lowest BCUT2D eigenvalue weighted by molar-refractivity contribution is 0.0944. The first-order valence-electron chi connectivity index (χ1n) is 8.95. The Bertz CT molecular complexity index is 1260. The molecule has 4 rings (SSSR count). The molecule has 5 N–H and O–H groups in total. The predicted molar refractivity (Wildman–Crippen MR) is 119 cm³/mol. The van der Waals surface area contributed by atoms with Crippen molar-refractivity contribution in [3.05, 3.63) is 76.9 Å². The maximum Gasteiger partial charge on any atom is 0.274 e. The molecule has 0 atom stereocenters. The molecule has 0 radical (unpaired) electrons. The van der Waals surface area contributed by atoms with Gasteiger partial charge in [0.05, 0.1) is 11.8 Å². The monoisotopic (exact) mass is 435 g/mol. The first kappa shape index (κ1) is 19.9. The third-order valence-corrected chi connectivity index (χ3v) is 6.36. The molecule has 30 heavy (non-hydrogen) atoms. The number of fused-ring (bicyclic) bond motifs is 1. The fourth-order valence-electron chi connectivity index (χ4n) is 2.90. The van der Waals surface area contributed by atoms with Crippen molar-refractivity contribution in [2.75, 3.05) is 5.73 Å². The summed E-state index contributed by atoms with van der Waals surface area (Å²) in [6, 6.07) is 14.9. The van der Waals surface area contributed by atoms with E-state index < -0.39 is 11.8 Å². The molecular formula is C21H17N5O2S2. The maximum atomic E-state index is 12.7. The van der Waals surface area contributed by atoms with Crippen LogP contribution in [-0.4, -0.2) is 21.8 Å². The van der Waals surface area contributed by atoms with E-state index in [1.807, 2.05) is 29.6 Å². The molecule has 0 fully saturated rings. The fraction of sp³-hybridized carbons (Fsp3) is 0.0476. The minimum Gasteiger partial charge on any atom is -0.382 e. The molecule has 2 heterocycles. The number of carbonyl (C=O) groups is 2. The minimum absolute atomic E-state index is 0.0372. The van der Waals surface area contributed by atoms with Gasteiger partial charge in [0, 0.05) is 16.1 Å². The first-order valence-corrected chi connectivity index (χ1v) is 10.6. The van der Waals surface area contributed by atoms with Gasteiger partial charge in [0.15, 0.2) is 11.5 Å². The van der Waals surface area contributed by atoms with Crippen LogP contribution in [0.2, 0.25) is 0 Å². The second-order valence-electron chi connectivity index (χ2n) is 6.34. The summed E-state index contributed by atoms with van der Waals surface area (Å²) in [7, 11) is 0. The number of nitrogens with zero attached hydrogens (tertiary/aromatic N) is 2. The molecule has 0 saturated heterocycles. The highest BCUT2D eigenvalue weighted by molar-refractivity contribution is 7.99. The molecule has 0 aliphatic carbocycles. The van der Waals surface area contributed by atoms with Crippen molar-refractivity contribution in [1.82, 2.24) is 15.3 Å². The van der Waals surface area contributed by atoms with Crippen LogP contribution in [0.4, 0.5) is 5.82 Å². The smallest absolute Gasteiger partial charge is 0.274 e. The van der Waals surface area contributed by atoms with Crippen LogP contribution in [0.3, 0.4) is 0 Å². The average molecular weight is 436 g/mol. The van der Waals surface area contributed by atoms with E-state index in [1.54, 1.807) is 35.6 Å². The van der Waals surface area contributed by atoms with E-state index in [-0.39, 0.29) is 11.5 Å². The maximum absolute atomic E-state index is 12.7. The third-order valence-electron chi connectivity index (χ3n) is 4.36. The van der Waals surface area contributed by atoms with Crippen LogP contribution in [0.5, 0.6) is 0 Å². The Morgan fingerprint density at radius 2 is 1.87 bits per heavy atom. The summed E-state index contributed by atoms with van der Waals surface area (Å²) in [5.41, 5.74) is 12.7. The zero-order chi connectivity index (χ0) is 21.1. The highest BCUT2D eigenvalue weighted by atomic mass is 32.2. The number of hydrogen-bond donors (Lipinski definition) is 3. The number of benzene rings is 2. The van der Waals surface area contributed by atoms with Crippen LogP contribution < -0.4 is 16.8 Å². The van der Waals surface area contributed by atoms with Gasteiger partial charge < -0.3 is 16.8 Å². The second kappa shape index (κ2) is 8.52. The molecule has 0 aliphatic rings. The van der Waals surface area contributed by atoms with E-state index in [0.717, 1.165) is 15.6 Å². The van der Waals surface area contributed by atoms with Crippen molar-refractivity contribution in [2.45, 2.75) is 16.5 Å². The van der Waals surface area contributed by atoms with Crippen LogP contribution >= 0.6 is 23.1 Å². The molecule has 0 spiro atoms. The highest BCUT2D eigenvalue weighted by Crippen LogP contribution is 2.29. The quantitative estimate of drug-likeness (QED) is 0.426. The molecule has 0 aliphatic heterocycles. The second-order valence-corrected chi connectivity index (χ2v) is 8.32. The van der Waals surface area contributed by atoms with Gasteiger partial charge in [-0.25, -0.2) is 9.97 Å². The zero-order valence-electron chi connectivity index (χ0n) is 15.7. The van der Waals surface area contributed by atoms with Crippen molar-refractivity contribution in [3.63, 3.8) is 0 Å². The van der Waals surface area contributed by atoms with Crippen molar-refractivity contribution in [2.24, 2.45) is 5.73 Å². The molecule has 4 aromatic rings. The van der Waals surface area contributed by atoms with Gasteiger partial charge in [-0.2, -0.15) is 0 Å². The fourth-order valence-corrected chi connectivity index (χ4v) is 4.75. The number of primary amides is 1. The van der Waals surface area contributed by atoms with Crippen LogP contribution in [0.15, 0.2) is 70.0 Å². The predicted octanol–water partition coefficient (Wildman–Crippen LogP) is 3.45. The van der Waals surface area contributed by atoms with Gasteiger partial charge in [0.1, 0.15) is 5.03 Å². The van der Waals surface area contributed by atoms with Crippen LogP contribution in [-0.2, 0) is 6.54 Å². The van der Waals surface area contributed by atoms with E-state index in [0.29, 0.717) is 22.0 Å². The third kappa shape index (κ3) is 4.12. The van der Waals surface area contributed by atoms with E-state index >= 15 is 0 Å². The van der Waals surface area contributed by atoms with E-state index in [4.69, 9.17) is 11.5 Å². The number of rotatable bonds is 6. The van der Waals surface area contributed by atoms with Crippen LogP contribution in [0.1, 0.15) is 26.4 Å². The number of hydrogen-bond acceptors (Lipinski definition) is 7. The summed E-state index contributed by atoms with van der Waals surface area (Å²) < 4.78 is 1.16. The van der Waals surface area contributed by atoms with Crippen molar-refractivity contribution >= 4 is 50.8 Å². The molecule has 2 amide bonds. The van der Waals surface area contributed by atoms with E-state index in [2.05, 4.69) is 15.3 Å². The number of nitrogens with two attached hydrogens (primary N) is 2. The molecule has 0 bridgehead atoms. The Hall–Kier alpha value is -3.43. The Labute approximate surface area is 180 Å². The summed E-state index contributed by atoms with van der Waals surface area (Å²) in [6.45, 7) is 0.353. The standard InChI is InChI=1S/C21H17N5O2S2/c22-19-18(21(28)25-9-12-11-29-15-7-3-1-5-13(12)15)26-17(10-24-19)30-16-8-4-2-6-14(16)20(23)27/h1-8,10-11H,9H2,(H2,22,24)(H2,23,27)(H,25,28). The van der Waals surface area contributed by atoms with Gasteiger partial charge in [-0.3, -0.25) is 9.59 Å². The van der Waals surface area contributed by atoms with Crippen molar-refractivity contribution < 1.29 is 9.59 Å². The summed E-state index contributed by atoms with van der Waals surface area (Å²) in [5.74, 6) is -0.918. The Kier molecular flexibility index (Phi) is 5.64. The molecular weight excluding hydrogens is 418 g/mol. The molecule has 150 valence electrons. The number of nitrogens with one attached hydrogen (secondary N) is 1. The van der Waals surface area contributed by atoms with Crippen molar-refractivity contribution in [3.8, 4) is 0 Å². The number of aromatic nitrogens is 2. The number of carbonyl (C=O) groups excluding carboxylic acids is 2. The number of anilines is 1. The topological polar surface area (TPSA) is 124 Å². The van der Waals surface area contributed by atoms with Gasteiger partial charge in [-0.15, -0.1) is 11.3 Å². The molecule has 0 saturated carbocycles. The summed E-state index contributed by atoms with van der Waals surface area (Å²) >= 11 is 2.82. The van der Waals surface area contributed by atoms with Gasteiger partial charge in [-0.1, -0.05) is 42.1 Å². The van der Waals surface area contributed by atoms with E-state index in [1.165, 1.54) is 18.0 Å². The number of nitrogen functional groups attached to an aromatic ring is 1. The summed E-state index contributed by atoms with van der Waals surface area (Å²) in [5, 5.41) is 6.42. The molecule has 2 aromatic carbocycles. The average Bonchev–Trinajstić information content (AvgIpc) is 3.17. The molecule has 2 aromatic heterocycles. The first-order chi connectivity index (χ1) is 14.5. The Morgan fingerprint density at radius 1 is 1.10 bits per heavy atom. The highest BCUT2D eigenvalue weighted by Gasteiger charge is 2.16. The van der Waals surface area contributed by atoms with Crippen LogP contribution in [0, 0.1) is 0 Å². The lowest BCUT2D eigenvalue weighted by atomic mass is 10.2. The molecule has 0 unspecified atom stereocenters. The normalized spacial score (nSPS) is 10.8. The van der Waals surface area contributed by atoms with Gasteiger partial charge in [0.2, 0.25) is 5.91 Å². The van der Waals surface area contributed by atoms with E-state index in [9.17, 15) is 9.59 Å².